The number of H-pyrrole nitrogens is 1. The summed E-state index contributed by atoms with van der Waals surface area (Å²) >= 11 is 0. The third-order valence-corrected chi connectivity index (χ3v) is 2.35. The van der Waals surface area contributed by atoms with E-state index >= 15 is 0 Å². The molecule has 0 aliphatic rings. The molecule has 1 rings (SSSR count). The summed E-state index contributed by atoms with van der Waals surface area (Å²) in [6.45, 7) is 0. The lowest BCUT2D eigenvalue weighted by molar-refractivity contribution is 0.0245. The van der Waals surface area contributed by atoms with Crippen molar-refractivity contribution in [3.63, 3.8) is 0 Å². The first-order valence-electron chi connectivity index (χ1n) is 3.66. The molecule has 5 N–H and O–H groups in total. The van der Waals surface area contributed by atoms with E-state index in [1.807, 2.05) is 0 Å². The van der Waals surface area contributed by atoms with Gasteiger partial charge in [-0.2, -0.15) is 5.10 Å². The summed E-state index contributed by atoms with van der Waals surface area (Å²) < 4.78 is 10.5. The van der Waals surface area contributed by atoms with Gasteiger partial charge in [-0.25, -0.2) is 4.98 Å². The summed E-state index contributed by atoms with van der Waals surface area (Å²) in [5.41, 5.74) is 0. The molecule has 2 atom stereocenters. The van der Waals surface area contributed by atoms with E-state index in [4.69, 9.17) is 9.79 Å². The summed E-state index contributed by atoms with van der Waals surface area (Å²) in [6, 6.07) is 0. The van der Waals surface area contributed by atoms with Crippen LogP contribution in [-0.2, 0) is 4.57 Å². The van der Waals surface area contributed by atoms with Crippen LogP contribution in [0.1, 0.15) is 11.9 Å². The van der Waals surface area contributed by atoms with Gasteiger partial charge in [-0.1, -0.05) is 0 Å². The number of aromatic nitrogens is 3. The van der Waals surface area contributed by atoms with Crippen LogP contribution in [0.25, 0.3) is 0 Å². The average Bonchev–Trinajstić information content (AvgIpc) is 2.51. The number of nitrogens with zero attached hydrogens (tertiary/aromatic N) is 2. The Morgan fingerprint density at radius 2 is 2.14 bits per heavy atom. The largest absolute Gasteiger partial charge is 0.389 e. The van der Waals surface area contributed by atoms with E-state index in [9.17, 15) is 14.8 Å². The standard InChI is InChI=1S/C5H10N3O5P/c9-3(1-14(11,12)13)4(10)5-6-2-7-8-5/h2-4,9-10H,1H2,(H,6,7,8)(H2,11,12,13)/t3-,4+/m0/s1. The molecule has 80 valence electrons. The van der Waals surface area contributed by atoms with E-state index in [0.29, 0.717) is 0 Å². The fourth-order valence-electron chi connectivity index (χ4n) is 0.883. The number of nitrogens with one attached hydrogen (secondary N) is 1. The highest BCUT2D eigenvalue weighted by Crippen LogP contribution is 2.36. The minimum atomic E-state index is -4.35. The van der Waals surface area contributed by atoms with Crippen molar-refractivity contribution in [1.29, 1.82) is 0 Å². The van der Waals surface area contributed by atoms with Gasteiger partial charge < -0.3 is 20.0 Å². The van der Waals surface area contributed by atoms with Gasteiger partial charge in [0.25, 0.3) is 0 Å². The molecule has 0 saturated heterocycles. The van der Waals surface area contributed by atoms with E-state index in [0.717, 1.165) is 6.33 Å². The van der Waals surface area contributed by atoms with E-state index in [1.54, 1.807) is 0 Å². The molecule has 0 aliphatic heterocycles. The van der Waals surface area contributed by atoms with Crippen molar-refractivity contribution in [3.05, 3.63) is 12.2 Å². The summed E-state index contributed by atoms with van der Waals surface area (Å²) in [7, 11) is -4.35. The quantitative estimate of drug-likeness (QED) is 0.386. The lowest BCUT2D eigenvalue weighted by Gasteiger charge is -2.15. The minimum absolute atomic E-state index is 0.0362. The van der Waals surface area contributed by atoms with Crippen LogP contribution < -0.4 is 0 Å². The first-order chi connectivity index (χ1) is 6.40. The fourth-order valence-corrected chi connectivity index (χ4v) is 1.57. The summed E-state index contributed by atoms with van der Waals surface area (Å²) in [5, 5.41) is 24.2. The highest BCUT2D eigenvalue weighted by molar-refractivity contribution is 7.51. The number of aliphatic hydroxyl groups excluding tert-OH is 2. The Labute approximate surface area is 78.8 Å². The van der Waals surface area contributed by atoms with Crippen molar-refractivity contribution in [3.8, 4) is 0 Å². The van der Waals surface area contributed by atoms with E-state index in [-0.39, 0.29) is 5.82 Å². The van der Waals surface area contributed by atoms with Crippen molar-refractivity contribution < 1.29 is 24.6 Å². The van der Waals surface area contributed by atoms with Crippen LogP contribution in [0, 0.1) is 0 Å². The predicted molar refractivity (Wildman–Crippen MR) is 44.3 cm³/mol. The van der Waals surface area contributed by atoms with Crippen LogP contribution in [0.4, 0.5) is 0 Å². The maximum Gasteiger partial charge on any atom is 0.328 e. The molecule has 0 unspecified atom stereocenters. The van der Waals surface area contributed by atoms with Crippen LogP contribution in [0.2, 0.25) is 0 Å². The SMILES string of the molecule is O=P(O)(O)C[C@H](O)[C@@H](O)c1ncn[nH]1. The molecule has 14 heavy (non-hydrogen) atoms. The van der Waals surface area contributed by atoms with Crippen LogP contribution in [0.5, 0.6) is 0 Å². The van der Waals surface area contributed by atoms with Gasteiger partial charge in [0.1, 0.15) is 12.4 Å². The second-order valence-corrected chi connectivity index (χ2v) is 4.42. The third-order valence-electron chi connectivity index (χ3n) is 1.50. The van der Waals surface area contributed by atoms with Gasteiger partial charge in [0.2, 0.25) is 0 Å². The zero-order chi connectivity index (χ0) is 10.8. The highest BCUT2D eigenvalue weighted by atomic mass is 31.2. The molecule has 1 aromatic heterocycles. The first-order valence-corrected chi connectivity index (χ1v) is 5.46. The molecule has 8 nitrogen and oxygen atoms in total. The molecule has 0 fully saturated rings. The Balaban J connectivity index is 2.62. The molecule has 0 aromatic carbocycles. The first kappa shape index (κ1) is 11.3. The van der Waals surface area contributed by atoms with Crippen molar-refractivity contribution in [1.82, 2.24) is 15.2 Å². The van der Waals surface area contributed by atoms with Gasteiger partial charge in [-0.15, -0.1) is 0 Å². The summed E-state index contributed by atoms with van der Waals surface area (Å²) in [5.74, 6) is -0.0362. The normalized spacial score (nSPS) is 16.6. The Kier molecular flexibility index (Phi) is 3.35. The molecular weight excluding hydrogens is 213 g/mol. The monoisotopic (exact) mass is 223 g/mol. The number of aromatic amines is 1. The lowest BCUT2D eigenvalue weighted by Crippen LogP contribution is -2.23. The zero-order valence-electron chi connectivity index (χ0n) is 6.98. The van der Waals surface area contributed by atoms with Crippen LogP contribution in [0.3, 0.4) is 0 Å². The molecule has 0 aliphatic carbocycles. The number of rotatable bonds is 4. The van der Waals surface area contributed by atoms with Crippen LogP contribution in [-0.4, -0.2) is 47.4 Å². The number of aliphatic hydroxyl groups is 2. The van der Waals surface area contributed by atoms with E-state index in [1.165, 1.54) is 0 Å². The number of hydrogen-bond acceptors (Lipinski definition) is 5. The van der Waals surface area contributed by atoms with Crippen molar-refractivity contribution in [2.75, 3.05) is 6.16 Å². The average molecular weight is 223 g/mol. The lowest BCUT2D eigenvalue weighted by atomic mass is 10.2. The molecule has 1 aromatic rings. The van der Waals surface area contributed by atoms with E-state index < -0.39 is 26.0 Å². The molecule has 0 saturated carbocycles. The molecule has 0 bridgehead atoms. The van der Waals surface area contributed by atoms with Crippen molar-refractivity contribution in [2.24, 2.45) is 0 Å². The fraction of sp³-hybridized carbons (Fsp3) is 0.600. The minimum Gasteiger partial charge on any atom is -0.389 e. The van der Waals surface area contributed by atoms with Crippen molar-refractivity contribution in [2.45, 2.75) is 12.2 Å². The second-order valence-electron chi connectivity index (χ2n) is 2.73. The maximum absolute atomic E-state index is 10.5. The maximum atomic E-state index is 10.5. The summed E-state index contributed by atoms with van der Waals surface area (Å²) in [6.07, 6.45) is -2.77. The zero-order valence-corrected chi connectivity index (χ0v) is 7.87. The molecule has 0 spiro atoms. The molecule has 0 radical (unpaired) electrons. The van der Waals surface area contributed by atoms with Crippen molar-refractivity contribution >= 4 is 7.60 Å². The van der Waals surface area contributed by atoms with Gasteiger partial charge >= 0.3 is 7.60 Å². The topological polar surface area (TPSA) is 140 Å². The van der Waals surface area contributed by atoms with Crippen LogP contribution >= 0.6 is 7.60 Å². The second kappa shape index (κ2) is 4.16. The Bertz CT molecular complexity index is 322. The molecular formula is C5H10N3O5P. The van der Waals surface area contributed by atoms with Gasteiger partial charge in [0.05, 0.1) is 12.3 Å². The van der Waals surface area contributed by atoms with Gasteiger partial charge in [0, 0.05) is 0 Å². The van der Waals surface area contributed by atoms with Gasteiger partial charge in [-0.05, 0) is 0 Å². The smallest absolute Gasteiger partial charge is 0.328 e. The molecule has 1 heterocycles. The Morgan fingerprint density at radius 1 is 1.50 bits per heavy atom. The van der Waals surface area contributed by atoms with Gasteiger partial charge in [0.15, 0.2) is 5.82 Å². The van der Waals surface area contributed by atoms with E-state index in [2.05, 4.69) is 15.2 Å². The van der Waals surface area contributed by atoms with Gasteiger partial charge in [-0.3, -0.25) is 9.66 Å². The number of hydrogen-bond donors (Lipinski definition) is 5. The Hall–Kier alpha value is -0.790. The summed E-state index contributed by atoms with van der Waals surface area (Å²) in [4.78, 5) is 20.6. The molecule has 9 heteroatoms. The predicted octanol–water partition coefficient (Wildman–Crippen LogP) is -1.62. The Morgan fingerprint density at radius 3 is 2.57 bits per heavy atom. The third kappa shape index (κ3) is 3.17. The molecule has 0 amide bonds. The highest BCUT2D eigenvalue weighted by Gasteiger charge is 2.28. The van der Waals surface area contributed by atoms with Crippen LogP contribution in [0.15, 0.2) is 6.33 Å².